The minimum Gasteiger partial charge on any atom is -0.206 e. The maximum absolute atomic E-state index is 15.5. The minimum atomic E-state index is -2.14. The van der Waals surface area contributed by atoms with Crippen molar-refractivity contribution in [1.29, 1.82) is 0 Å². The number of hydrogen-bond acceptors (Lipinski definition) is 0. The molecule has 0 spiro atoms. The predicted octanol–water partition coefficient (Wildman–Crippen LogP) is 27.4. The molecule has 10 rings (SSSR count). The summed E-state index contributed by atoms with van der Waals surface area (Å²) in [6, 6.07) is 37.4. The van der Waals surface area contributed by atoms with Gasteiger partial charge in [-0.05, 0) is 204 Å². The van der Waals surface area contributed by atoms with Crippen LogP contribution in [-0.4, -0.2) is 32.3 Å². The van der Waals surface area contributed by atoms with E-state index in [1.54, 1.807) is 24.3 Å². The van der Waals surface area contributed by atoms with E-state index in [9.17, 15) is 0 Å². The first-order valence-corrected chi connectivity index (χ1v) is 44.6. The van der Waals surface area contributed by atoms with Crippen LogP contribution in [0.2, 0.25) is 66.5 Å². The molecule has 0 atom stereocenters. The number of rotatable bonds is 12. The molecule has 0 bridgehead atoms. The standard InChI is InChI=1S/2C44H52F2Si2/c1-27(2)47(28(3)4,29(5)6)21-19-35-39-23-33-15-13-18-44(46)38(33)26-42(39)36(20-22-48(30(7)8,31(9)10)32(11)12)40-24-34-16-14-17-43(45)37(34)25-41(35)40;1-27(2)47(28(3)4,29(5)6)21-19-35-39-23-33-15-13-17-43(45)37(33)25-41(39)36(20-22-48(30(7)8,31(9)10)32(11)12)42-26-38-34(24-40(35)42)16-14-18-44(38)46/h2*13-18,23-32H,1-12H3. The topological polar surface area (TPSA) is 0 Å². The zero-order chi connectivity index (χ0) is 70.6. The molecular weight excluding hydrogens is 1250 g/mol. The zero-order valence-electron chi connectivity index (χ0n) is 62.0. The Labute approximate surface area is 577 Å². The lowest BCUT2D eigenvalue weighted by molar-refractivity contribution is 0.639. The fourth-order valence-corrected chi connectivity index (χ4v) is 39.2. The Hall–Kier alpha value is -6.89. The van der Waals surface area contributed by atoms with Crippen LogP contribution in [0, 0.1) is 69.1 Å². The van der Waals surface area contributed by atoms with Crippen LogP contribution < -0.4 is 0 Å². The Morgan fingerprint density at radius 1 is 0.208 bits per heavy atom. The van der Waals surface area contributed by atoms with E-state index in [-0.39, 0.29) is 23.3 Å². The van der Waals surface area contributed by atoms with E-state index in [0.29, 0.717) is 88.0 Å². The molecule has 8 heteroatoms. The van der Waals surface area contributed by atoms with Gasteiger partial charge in [0.2, 0.25) is 0 Å². The third-order valence-electron chi connectivity index (χ3n) is 23.1. The molecule has 0 aliphatic carbocycles. The third kappa shape index (κ3) is 12.7. The highest BCUT2D eigenvalue weighted by Gasteiger charge is 2.45. The Balaban J connectivity index is 0.000000225. The first-order chi connectivity index (χ1) is 45.1. The summed E-state index contributed by atoms with van der Waals surface area (Å²) in [6.45, 7) is 55.7. The highest BCUT2D eigenvalue weighted by Crippen LogP contribution is 2.47. The monoisotopic (exact) mass is 1350 g/mol. The van der Waals surface area contributed by atoms with E-state index in [1.807, 2.05) is 48.5 Å². The van der Waals surface area contributed by atoms with Crippen LogP contribution in [-0.2, 0) is 0 Å². The van der Waals surface area contributed by atoms with E-state index < -0.39 is 32.3 Å². The molecule has 0 saturated carbocycles. The maximum Gasteiger partial charge on any atom is 0.146 e. The zero-order valence-corrected chi connectivity index (χ0v) is 66.0. The fraction of sp³-hybridized carbons (Fsp3) is 0.409. The molecule has 10 aromatic rings. The first-order valence-electron chi connectivity index (χ1n) is 35.7. The molecule has 0 unspecified atom stereocenters. The largest absolute Gasteiger partial charge is 0.206 e. The quantitative estimate of drug-likeness (QED) is 0.0495. The van der Waals surface area contributed by atoms with Gasteiger partial charge in [-0.25, -0.2) is 17.6 Å². The Morgan fingerprint density at radius 3 is 0.500 bits per heavy atom. The molecule has 0 fully saturated rings. The third-order valence-corrected chi connectivity index (χ3v) is 48.3. The van der Waals surface area contributed by atoms with Gasteiger partial charge in [0, 0.05) is 43.8 Å². The van der Waals surface area contributed by atoms with Gasteiger partial charge in [0.05, 0.1) is 0 Å². The van der Waals surface area contributed by atoms with Crippen molar-refractivity contribution in [3.63, 3.8) is 0 Å². The van der Waals surface area contributed by atoms with E-state index >= 15 is 17.6 Å². The summed E-state index contributed by atoms with van der Waals surface area (Å²) < 4.78 is 61.9. The molecule has 0 N–H and O–H groups in total. The Bertz CT molecular complexity index is 4570. The van der Waals surface area contributed by atoms with Crippen molar-refractivity contribution in [3.05, 3.63) is 167 Å². The van der Waals surface area contributed by atoms with Gasteiger partial charge in [-0.1, -0.05) is 238 Å². The lowest BCUT2D eigenvalue weighted by Crippen LogP contribution is -2.43. The molecule has 96 heavy (non-hydrogen) atoms. The Kier molecular flexibility index (Phi) is 21.8. The molecule has 500 valence electrons. The van der Waals surface area contributed by atoms with Crippen LogP contribution >= 0.6 is 0 Å². The molecule has 0 heterocycles. The minimum absolute atomic E-state index is 0.247. The summed E-state index contributed by atoms with van der Waals surface area (Å²) in [4.78, 5) is 0. The number of hydrogen-bond donors (Lipinski definition) is 0. The summed E-state index contributed by atoms with van der Waals surface area (Å²) in [5, 5.41) is 13.1. The van der Waals surface area contributed by atoms with Crippen molar-refractivity contribution < 1.29 is 17.6 Å². The predicted molar refractivity (Wildman–Crippen MR) is 424 cm³/mol. The van der Waals surface area contributed by atoms with Gasteiger partial charge in [-0.2, -0.15) is 0 Å². The number of benzene rings is 10. The fourth-order valence-electron chi connectivity index (χ4n) is 18.3. The maximum atomic E-state index is 15.5. The molecule has 0 aromatic heterocycles. The second-order valence-corrected chi connectivity index (χ2v) is 53.8. The van der Waals surface area contributed by atoms with Gasteiger partial charge < -0.3 is 0 Å². The van der Waals surface area contributed by atoms with Gasteiger partial charge in [0.25, 0.3) is 0 Å². The van der Waals surface area contributed by atoms with E-state index in [0.717, 1.165) is 86.9 Å². The molecule has 0 aliphatic heterocycles. The molecule has 0 aliphatic rings. The van der Waals surface area contributed by atoms with E-state index in [2.05, 4.69) is 236 Å². The Morgan fingerprint density at radius 2 is 0.354 bits per heavy atom. The number of fused-ring (bicyclic) bond motifs is 8. The van der Waals surface area contributed by atoms with Crippen LogP contribution in [0.1, 0.15) is 188 Å². The van der Waals surface area contributed by atoms with Crippen molar-refractivity contribution in [1.82, 2.24) is 0 Å². The van der Waals surface area contributed by atoms with E-state index in [1.165, 1.54) is 24.3 Å². The van der Waals surface area contributed by atoms with Crippen molar-refractivity contribution in [2.24, 2.45) is 0 Å². The summed E-state index contributed by atoms with van der Waals surface area (Å²) in [5.41, 5.74) is 24.9. The molecule has 0 nitrogen and oxygen atoms in total. The van der Waals surface area contributed by atoms with Crippen molar-refractivity contribution in [3.8, 4) is 45.9 Å². The van der Waals surface area contributed by atoms with Crippen molar-refractivity contribution >= 4 is 118 Å². The van der Waals surface area contributed by atoms with Gasteiger partial charge in [-0.3, -0.25) is 0 Å². The van der Waals surface area contributed by atoms with Crippen molar-refractivity contribution in [2.75, 3.05) is 0 Å². The van der Waals surface area contributed by atoms with Gasteiger partial charge in [0.15, 0.2) is 0 Å². The van der Waals surface area contributed by atoms with Crippen LogP contribution in [0.15, 0.2) is 121 Å². The smallest absolute Gasteiger partial charge is 0.146 e. The normalized spacial score (nSPS) is 12.8. The second kappa shape index (κ2) is 28.5. The first kappa shape index (κ1) is 73.4. The molecule has 0 radical (unpaired) electrons. The lowest BCUT2D eigenvalue weighted by Gasteiger charge is -2.38. The summed E-state index contributed by atoms with van der Waals surface area (Å²) in [6.07, 6.45) is 0. The highest BCUT2D eigenvalue weighted by atomic mass is 28.3. The van der Waals surface area contributed by atoms with Crippen LogP contribution in [0.5, 0.6) is 0 Å². The molecular formula is C88H104F4Si4. The number of halogens is 4. The van der Waals surface area contributed by atoms with Crippen LogP contribution in [0.25, 0.3) is 86.2 Å². The van der Waals surface area contributed by atoms with Crippen LogP contribution in [0.4, 0.5) is 17.6 Å². The second-order valence-electron chi connectivity index (χ2n) is 31.5. The lowest BCUT2D eigenvalue weighted by atomic mass is 9.89. The molecule has 0 saturated heterocycles. The molecule has 0 amide bonds. The highest BCUT2D eigenvalue weighted by molar-refractivity contribution is 6.92. The summed E-state index contributed by atoms with van der Waals surface area (Å²) in [7, 11) is -8.49. The average molecular weight is 1350 g/mol. The van der Waals surface area contributed by atoms with Gasteiger partial charge in [-0.15, -0.1) is 22.2 Å². The molecule has 10 aromatic carbocycles. The van der Waals surface area contributed by atoms with E-state index in [4.69, 9.17) is 0 Å². The SMILES string of the molecule is CC(C)[Si](C#Cc1c2cc3cccc(F)c3cc2c(C#C[Si](C(C)C)(C(C)C)C(C)C)c2cc3c(F)cccc3cc12)(C(C)C)C(C)C.CC(C)[Si](C#Cc1c2cc3cccc(F)c3cc2c(C#C[Si](C(C)C)(C(C)C)C(C)C)c2cc3cccc(F)c3cc12)(C(C)C)C(C)C. The van der Waals surface area contributed by atoms with Gasteiger partial charge in [0.1, 0.15) is 55.6 Å². The van der Waals surface area contributed by atoms with Gasteiger partial charge >= 0.3 is 0 Å². The average Bonchev–Trinajstić information content (AvgIpc) is 0.731. The summed E-state index contributed by atoms with van der Waals surface area (Å²) in [5.74, 6) is 14.1. The summed E-state index contributed by atoms with van der Waals surface area (Å²) >= 11 is 0. The van der Waals surface area contributed by atoms with Crippen molar-refractivity contribution in [2.45, 2.75) is 233 Å². The van der Waals surface area contributed by atoms with Crippen LogP contribution in [0.3, 0.4) is 0 Å².